The number of nitrogens with zero attached hydrogens (tertiary/aromatic N) is 3. The number of aromatic nitrogens is 1. The van der Waals surface area contributed by atoms with Crippen LogP contribution in [0.4, 0.5) is 0 Å². The molecule has 3 heterocycles. The fraction of sp³-hybridized carbons (Fsp3) is 0.667. The van der Waals surface area contributed by atoms with Crippen molar-refractivity contribution in [1.29, 1.82) is 0 Å². The third-order valence-corrected chi connectivity index (χ3v) is 5.01. The van der Waals surface area contributed by atoms with Gasteiger partial charge in [-0.15, -0.1) is 12.4 Å². The molecule has 1 atom stereocenters. The minimum atomic E-state index is 0. The molecule has 0 spiro atoms. The van der Waals surface area contributed by atoms with Gasteiger partial charge >= 0.3 is 0 Å². The van der Waals surface area contributed by atoms with Crippen molar-refractivity contribution in [2.24, 2.45) is 0 Å². The van der Waals surface area contributed by atoms with Crippen LogP contribution >= 0.6 is 28.3 Å². The molecule has 3 rings (SSSR count). The number of hydrogen-bond acceptors (Lipinski definition) is 3. The molecule has 1 unspecified atom stereocenters. The van der Waals surface area contributed by atoms with E-state index >= 15 is 0 Å². The molecule has 0 bridgehead atoms. The van der Waals surface area contributed by atoms with E-state index in [0.29, 0.717) is 6.04 Å². The Bertz CT molecular complexity index is 508. The predicted molar refractivity (Wildman–Crippen MR) is 93.8 cm³/mol. The summed E-state index contributed by atoms with van der Waals surface area (Å²) in [5, 5.41) is 3.42. The van der Waals surface area contributed by atoms with Crippen molar-refractivity contribution in [1.82, 2.24) is 19.7 Å². The zero-order valence-electron chi connectivity index (χ0n) is 12.9. The maximum Gasteiger partial charge on any atom is 0.270 e. The Hall–Kier alpha value is -0.560. The van der Waals surface area contributed by atoms with Crippen LogP contribution in [0, 0.1) is 0 Å². The van der Waals surface area contributed by atoms with E-state index < -0.39 is 0 Å². The Morgan fingerprint density at radius 3 is 2.68 bits per heavy atom. The lowest BCUT2D eigenvalue weighted by molar-refractivity contribution is 0.0574. The van der Waals surface area contributed by atoms with Crippen molar-refractivity contribution in [2.75, 3.05) is 39.3 Å². The number of hydrogen-bond donors (Lipinski definition) is 1. The summed E-state index contributed by atoms with van der Waals surface area (Å²) >= 11 is 3.46. The monoisotopic (exact) mass is 390 g/mol. The van der Waals surface area contributed by atoms with E-state index in [2.05, 4.69) is 33.1 Å². The summed E-state index contributed by atoms with van der Waals surface area (Å²) in [5.41, 5.74) is 0.792. The summed E-state index contributed by atoms with van der Waals surface area (Å²) in [5.74, 6) is 0.159. The Balaban J connectivity index is 0.00000176. The predicted octanol–water partition coefficient (Wildman–Crippen LogP) is 1.81. The molecule has 2 aliphatic heterocycles. The van der Waals surface area contributed by atoms with Gasteiger partial charge in [0.15, 0.2) is 0 Å². The van der Waals surface area contributed by atoms with E-state index in [1.807, 2.05) is 21.7 Å². The lowest BCUT2D eigenvalue weighted by Crippen LogP contribution is -2.52. The third kappa shape index (κ3) is 3.67. The van der Waals surface area contributed by atoms with Crippen molar-refractivity contribution in [3.8, 4) is 0 Å². The van der Waals surface area contributed by atoms with E-state index in [0.717, 1.165) is 56.0 Å². The molecule has 22 heavy (non-hydrogen) atoms. The van der Waals surface area contributed by atoms with Gasteiger partial charge in [0.2, 0.25) is 0 Å². The quantitative estimate of drug-likeness (QED) is 0.854. The van der Waals surface area contributed by atoms with Gasteiger partial charge in [0.1, 0.15) is 5.69 Å². The van der Waals surface area contributed by atoms with E-state index in [4.69, 9.17) is 0 Å². The van der Waals surface area contributed by atoms with Gasteiger partial charge < -0.3 is 14.8 Å². The van der Waals surface area contributed by atoms with Crippen LogP contribution in [0.5, 0.6) is 0 Å². The Morgan fingerprint density at radius 2 is 2.09 bits per heavy atom. The normalized spacial score (nSPS) is 22.6. The van der Waals surface area contributed by atoms with Gasteiger partial charge in [-0.1, -0.05) is 0 Å². The van der Waals surface area contributed by atoms with E-state index in [9.17, 15) is 4.79 Å². The molecule has 1 aromatic heterocycles. The molecule has 1 amide bonds. The summed E-state index contributed by atoms with van der Waals surface area (Å²) in [6, 6.07) is 2.59. The average molecular weight is 392 g/mol. The standard InChI is InChI=1S/C15H23BrN4O.ClH/c1-2-18-11-12(16)9-14(18)15(21)20-7-5-19(6-8-20)13-3-4-17-10-13;/h9,11,13,17H,2-8,10H2,1H3;1H. The summed E-state index contributed by atoms with van der Waals surface area (Å²) in [4.78, 5) is 17.2. The first-order chi connectivity index (χ1) is 10.2. The third-order valence-electron chi connectivity index (χ3n) is 4.58. The second kappa shape index (κ2) is 7.81. The molecular weight excluding hydrogens is 368 g/mol. The lowest BCUT2D eigenvalue weighted by atomic mass is 10.2. The second-order valence-corrected chi connectivity index (χ2v) is 6.72. The van der Waals surface area contributed by atoms with Crippen LogP contribution in [-0.4, -0.2) is 65.6 Å². The van der Waals surface area contributed by atoms with Gasteiger partial charge in [0.25, 0.3) is 5.91 Å². The van der Waals surface area contributed by atoms with Gasteiger partial charge in [-0.2, -0.15) is 0 Å². The van der Waals surface area contributed by atoms with Gasteiger partial charge in [0.05, 0.1) is 0 Å². The number of piperazine rings is 1. The van der Waals surface area contributed by atoms with Crippen LogP contribution in [0.3, 0.4) is 0 Å². The van der Waals surface area contributed by atoms with Crippen molar-refractivity contribution < 1.29 is 4.79 Å². The highest BCUT2D eigenvalue weighted by Gasteiger charge is 2.29. The highest BCUT2D eigenvalue weighted by molar-refractivity contribution is 9.10. The SMILES string of the molecule is CCn1cc(Br)cc1C(=O)N1CCN(C2CCNC2)CC1.Cl. The van der Waals surface area contributed by atoms with E-state index in [1.165, 1.54) is 6.42 Å². The largest absolute Gasteiger partial charge is 0.343 e. The molecule has 0 saturated carbocycles. The molecular formula is C15H24BrClN4O. The Kier molecular flexibility index (Phi) is 6.32. The van der Waals surface area contributed by atoms with Crippen molar-refractivity contribution in [2.45, 2.75) is 25.9 Å². The molecule has 124 valence electrons. The summed E-state index contributed by atoms with van der Waals surface area (Å²) in [6.45, 7) is 8.76. The summed E-state index contributed by atoms with van der Waals surface area (Å²) < 4.78 is 2.99. The van der Waals surface area contributed by atoms with Crippen molar-refractivity contribution in [3.05, 3.63) is 22.4 Å². The minimum absolute atomic E-state index is 0. The maximum absolute atomic E-state index is 12.7. The lowest BCUT2D eigenvalue weighted by Gasteiger charge is -2.37. The van der Waals surface area contributed by atoms with E-state index in [-0.39, 0.29) is 18.3 Å². The molecule has 1 N–H and O–H groups in total. The zero-order valence-corrected chi connectivity index (χ0v) is 15.3. The molecule has 2 saturated heterocycles. The smallest absolute Gasteiger partial charge is 0.270 e. The van der Waals surface area contributed by atoms with Gasteiger partial charge in [-0.25, -0.2) is 0 Å². The highest BCUT2D eigenvalue weighted by atomic mass is 79.9. The number of carbonyl (C=O) groups is 1. The first kappa shape index (κ1) is 17.8. The Morgan fingerprint density at radius 1 is 1.36 bits per heavy atom. The first-order valence-corrected chi connectivity index (χ1v) is 8.58. The number of halogens is 2. The molecule has 7 heteroatoms. The zero-order chi connectivity index (χ0) is 14.8. The molecule has 2 fully saturated rings. The van der Waals surface area contributed by atoms with Crippen molar-refractivity contribution >= 4 is 34.2 Å². The molecule has 5 nitrogen and oxygen atoms in total. The van der Waals surface area contributed by atoms with Gasteiger partial charge in [-0.05, 0) is 41.9 Å². The first-order valence-electron chi connectivity index (χ1n) is 7.78. The number of aryl methyl sites for hydroxylation is 1. The fourth-order valence-corrected chi connectivity index (χ4v) is 3.78. The van der Waals surface area contributed by atoms with Crippen LogP contribution in [0.2, 0.25) is 0 Å². The number of nitrogens with one attached hydrogen (secondary N) is 1. The summed E-state index contributed by atoms with van der Waals surface area (Å²) in [7, 11) is 0. The average Bonchev–Trinajstić information content (AvgIpc) is 3.16. The van der Waals surface area contributed by atoms with Crippen LogP contribution < -0.4 is 5.32 Å². The number of carbonyl (C=O) groups excluding carboxylic acids is 1. The number of amides is 1. The topological polar surface area (TPSA) is 40.5 Å². The Labute approximate surface area is 146 Å². The molecule has 0 radical (unpaired) electrons. The van der Waals surface area contributed by atoms with Crippen LogP contribution in [0.1, 0.15) is 23.8 Å². The van der Waals surface area contributed by atoms with Crippen LogP contribution in [-0.2, 0) is 6.54 Å². The summed E-state index contributed by atoms with van der Waals surface area (Å²) in [6.07, 6.45) is 3.22. The fourth-order valence-electron chi connectivity index (χ4n) is 3.32. The van der Waals surface area contributed by atoms with Crippen molar-refractivity contribution in [3.63, 3.8) is 0 Å². The number of rotatable bonds is 3. The molecule has 2 aliphatic rings. The molecule has 0 aliphatic carbocycles. The van der Waals surface area contributed by atoms with Gasteiger partial charge in [-0.3, -0.25) is 9.69 Å². The van der Waals surface area contributed by atoms with E-state index in [1.54, 1.807) is 0 Å². The molecule has 1 aromatic rings. The van der Waals surface area contributed by atoms with Gasteiger partial charge in [0, 0.05) is 56.0 Å². The van der Waals surface area contributed by atoms with Crippen LogP contribution in [0.25, 0.3) is 0 Å². The maximum atomic E-state index is 12.7. The molecule has 0 aromatic carbocycles. The second-order valence-electron chi connectivity index (χ2n) is 5.80. The minimum Gasteiger partial charge on any atom is -0.343 e. The highest BCUT2D eigenvalue weighted by Crippen LogP contribution is 2.18. The van der Waals surface area contributed by atoms with Crippen LogP contribution in [0.15, 0.2) is 16.7 Å².